The smallest absolute Gasteiger partial charge is 0.272 e. The van der Waals surface area contributed by atoms with Crippen LogP contribution < -0.4 is 5.43 Å². The standard InChI is InChI=1S/C17H11Cl2N5O3/c18-11-3-6-13(14(19)7-11)15-8-16(22-21-15)17(25)23-20-9-10-1-4-12(5-2-10)24(26)27/h1-9H,(H,21,22)(H,23,25). The summed E-state index contributed by atoms with van der Waals surface area (Å²) in [6.07, 6.45) is 1.37. The van der Waals surface area contributed by atoms with Crippen LogP contribution in [-0.2, 0) is 0 Å². The van der Waals surface area contributed by atoms with Crippen molar-refractivity contribution >= 4 is 41.0 Å². The number of H-pyrrole nitrogens is 1. The van der Waals surface area contributed by atoms with Gasteiger partial charge in [-0.05, 0) is 42.0 Å². The van der Waals surface area contributed by atoms with Crippen LogP contribution in [0.1, 0.15) is 16.1 Å². The Hall–Kier alpha value is -3.23. The molecule has 0 unspecified atom stereocenters. The molecule has 0 fully saturated rings. The first-order valence-electron chi connectivity index (χ1n) is 7.53. The summed E-state index contributed by atoms with van der Waals surface area (Å²) in [5.41, 5.74) is 4.22. The third-order valence-corrected chi connectivity index (χ3v) is 4.06. The molecule has 0 spiro atoms. The lowest BCUT2D eigenvalue weighted by molar-refractivity contribution is -0.384. The van der Waals surface area contributed by atoms with E-state index in [1.54, 1.807) is 18.2 Å². The highest BCUT2D eigenvalue weighted by Gasteiger charge is 2.12. The summed E-state index contributed by atoms with van der Waals surface area (Å²) in [5.74, 6) is -0.503. The summed E-state index contributed by atoms with van der Waals surface area (Å²) >= 11 is 12.0. The van der Waals surface area contributed by atoms with Gasteiger partial charge >= 0.3 is 0 Å². The fourth-order valence-corrected chi connectivity index (χ4v) is 2.69. The van der Waals surface area contributed by atoms with Crippen LogP contribution in [0.4, 0.5) is 5.69 Å². The number of hydrazone groups is 1. The number of hydrogen-bond donors (Lipinski definition) is 2. The monoisotopic (exact) mass is 403 g/mol. The minimum Gasteiger partial charge on any atom is -0.272 e. The number of halogens is 2. The molecule has 8 nitrogen and oxygen atoms in total. The van der Waals surface area contributed by atoms with E-state index in [9.17, 15) is 14.9 Å². The van der Waals surface area contributed by atoms with Crippen LogP contribution in [0.2, 0.25) is 10.0 Å². The lowest BCUT2D eigenvalue weighted by Crippen LogP contribution is -2.17. The summed E-state index contributed by atoms with van der Waals surface area (Å²) in [6.45, 7) is 0. The van der Waals surface area contributed by atoms with E-state index < -0.39 is 10.8 Å². The Morgan fingerprint density at radius 3 is 2.59 bits per heavy atom. The largest absolute Gasteiger partial charge is 0.289 e. The molecule has 0 aliphatic heterocycles. The second-order valence-electron chi connectivity index (χ2n) is 5.34. The van der Waals surface area contributed by atoms with Crippen LogP contribution in [0.5, 0.6) is 0 Å². The van der Waals surface area contributed by atoms with Crippen molar-refractivity contribution in [2.75, 3.05) is 0 Å². The van der Waals surface area contributed by atoms with Crippen LogP contribution in [-0.4, -0.2) is 27.2 Å². The zero-order valence-corrected chi connectivity index (χ0v) is 15.0. The fourth-order valence-electron chi connectivity index (χ4n) is 2.18. The molecule has 2 aromatic carbocycles. The first-order valence-corrected chi connectivity index (χ1v) is 8.28. The lowest BCUT2D eigenvalue weighted by atomic mass is 10.1. The van der Waals surface area contributed by atoms with Crippen molar-refractivity contribution in [2.45, 2.75) is 0 Å². The highest BCUT2D eigenvalue weighted by molar-refractivity contribution is 6.36. The third-order valence-electron chi connectivity index (χ3n) is 3.51. The highest BCUT2D eigenvalue weighted by atomic mass is 35.5. The number of benzene rings is 2. The van der Waals surface area contributed by atoms with E-state index in [1.807, 2.05) is 0 Å². The summed E-state index contributed by atoms with van der Waals surface area (Å²) in [4.78, 5) is 22.2. The number of carbonyl (C=O) groups excluding carboxylic acids is 1. The second-order valence-corrected chi connectivity index (χ2v) is 6.18. The van der Waals surface area contributed by atoms with E-state index in [0.29, 0.717) is 26.9 Å². The number of carbonyl (C=O) groups is 1. The Kier molecular flexibility index (Phi) is 5.49. The van der Waals surface area contributed by atoms with Crippen molar-refractivity contribution in [1.29, 1.82) is 0 Å². The van der Waals surface area contributed by atoms with E-state index in [4.69, 9.17) is 23.2 Å². The number of nitro benzene ring substituents is 1. The zero-order valence-electron chi connectivity index (χ0n) is 13.5. The molecule has 27 heavy (non-hydrogen) atoms. The van der Waals surface area contributed by atoms with Crippen LogP contribution in [0, 0.1) is 10.1 Å². The SMILES string of the molecule is O=C(NN=Cc1ccc([N+](=O)[O-])cc1)c1cc(-c2ccc(Cl)cc2Cl)n[nH]1. The number of hydrogen-bond acceptors (Lipinski definition) is 5. The number of aromatic nitrogens is 2. The summed E-state index contributed by atoms with van der Waals surface area (Å²) in [7, 11) is 0. The van der Waals surface area contributed by atoms with Crippen LogP contribution in [0.15, 0.2) is 53.6 Å². The number of nitrogens with one attached hydrogen (secondary N) is 2. The minimum absolute atomic E-state index is 0.0259. The average molecular weight is 404 g/mol. The molecule has 1 amide bonds. The molecular weight excluding hydrogens is 393 g/mol. The molecule has 0 bridgehead atoms. The molecule has 0 radical (unpaired) electrons. The van der Waals surface area contributed by atoms with Crippen molar-refractivity contribution in [3.63, 3.8) is 0 Å². The first kappa shape index (κ1) is 18.6. The molecule has 0 saturated heterocycles. The van der Waals surface area contributed by atoms with Crippen molar-refractivity contribution in [1.82, 2.24) is 15.6 Å². The van der Waals surface area contributed by atoms with Gasteiger partial charge in [-0.1, -0.05) is 23.2 Å². The topological polar surface area (TPSA) is 113 Å². The van der Waals surface area contributed by atoms with Gasteiger partial charge in [0.05, 0.1) is 21.9 Å². The van der Waals surface area contributed by atoms with Gasteiger partial charge in [-0.15, -0.1) is 0 Å². The Bertz CT molecular complexity index is 1030. The van der Waals surface area contributed by atoms with E-state index in [0.717, 1.165) is 0 Å². The van der Waals surface area contributed by atoms with Gasteiger partial charge < -0.3 is 0 Å². The van der Waals surface area contributed by atoms with E-state index in [1.165, 1.54) is 36.5 Å². The number of nitro groups is 1. The molecule has 2 N–H and O–H groups in total. The molecule has 0 aliphatic carbocycles. The Balaban J connectivity index is 1.66. The van der Waals surface area contributed by atoms with Gasteiger partial charge in [0.2, 0.25) is 0 Å². The van der Waals surface area contributed by atoms with E-state index in [2.05, 4.69) is 20.7 Å². The van der Waals surface area contributed by atoms with Crippen molar-refractivity contribution in [3.05, 3.63) is 79.9 Å². The molecular formula is C17H11Cl2N5O3. The van der Waals surface area contributed by atoms with Crippen LogP contribution in [0.25, 0.3) is 11.3 Å². The predicted molar refractivity (Wildman–Crippen MR) is 102 cm³/mol. The zero-order chi connectivity index (χ0) is 19.4. The van der Waals surface area contributed by atoms with Crippen LogP contribution in [0.3, 0.4) is 0 Å². The van der Waals surface area contributed by atoms with Gasteiger partial charge in [-0.3, -0.25) is 20.0 Å². The fraction of sp³-hybridized carbons (Fsp3) is 0. The number of non-ortho nitro benzene ring substituents is 1. The maximum absolute atomic E-state index is 12.1. The molecule has 0 saturated carbocycles. The van der Waals surface area contributed by atoms with Gasteiger partial charge in [0.15, 0.2) is 0 Å². The molecule has 3 aromatic rings. The lowest BCUT2D eigenvalue weighted by Gasteiger charge is -2.00. The first-order chi connectivity index (χ1) is 12.9. The Morgan fingerprint density at radius 2 is 1.93 bits per heavy atom. The Labute approximate surface area is 163 Å². The number of aromatic amines is 1. The molecule has 3 rings (SSSR count). The summed E-state index contributed by atoms with van der Waals surface area (Å²) in [5, 5.41) is 22.0. The molecule has 1 heterocycles. The van der Waals surface area contributed by atoms with Gasteiger partial charge in [0, 0.05) is 22.7 Å². The van der Waals surface area contributed by atoms with Gasteiger partial charge in [-0.25, -0.2) is 5.43 Å². The molecule has 1 aromatic heterocycles. The summed E-state index contributed by atoms with van der Waals surface area (Å²) in [6, 6.07) is 12.2. The van der Waals surface area contributed by atoms with Gasteiger partial charge in [0.1, 0.15) is 5.69 Å². The summed E-state index contributed by atoms with van der Waals surface area (Å²) < 4.78 is 0. The third kappa shape index (κ3) is 4.49. The minimum atomic E-state index is -0.503. The molecule has 136 valence electrons. The van der Waals surface area contributed by atoms with E-state index in [-0.39, 0.29) is 11.4 Å². The maximum Gasteiger partial charge on any atom is 0.289 e. The van der Waals surface area contributed by atoms with Gasteiger partial charge in [-0.2, -0.15) is 10.2 Å². The molecule has 0 atom stereocenters. The normalized spacial score (nSPS) is 10.9. The number of amides is 1. The average Bonchev–Trinajstić information content (AvgIpc) is 3.12. The highest BCUT2D eigenvalue weighted by Crippen LogP contribution is 2.29. The maximum atomic E-state index is 12.1. The van der Waals surface area contributed by atoms with Crippen molar-refractivity contribution in [2.24, 2.45) is 5.10 Å². The van der Waals surface area contributed by atoms with Gasteiger partial charge in [0.25, 0.3) is 11.6 Å². The second kappa shape index (κ2) is 7.98. The van der Waals surface area contributed by atoms with Crippen LogP contribution >= 0.6 is 23.2 Å². The molecule has 0 aliphatic rings. The molecule has 10 heteroatoms. The number of nitrogens with zero attached hydrogens (tertiary/aromatic N) is 3. The quantitative estimate of drug-likeness (QED) is 0.379. The van der Waals surface area contributed by atoms with E-state index >= 15 is 0 Å². The Morgan fingerprint density at radius 1 is 1.19 bits per heavy atom. The predicted octanol–water partition coefficient (Wildman–Crippen LogP) is 4.06. The van der Waals surface area contributed by atoms with Crippen molar-refractivity contribution < 1.29 is 9.72 Å². The van der Waals surface area contributed by atoms with Crippen molar-refractivity contribution in [3.8, 4) is 11.3 Å². The number of rotatable bonds is 5.